The minimum Gasteiger partial charge on any atom is -0.389 e. The summed E-state index contributed by atoms with van der Waals surface area (Å²) in [6, 6.07) is 5.36. The van der Waals surface area contributed by atoms with Gasteiger partial charge < -0.3 is 5.11 Å². The SMILES string of the molecule is CC(=O)C1C(=O)CC(C)(O)C(C(C)=O)C1c1ccc(F)cc1. The van der Waals surface area contributed by atoms with E-state index in [1.165, 1.54) is 45.0 Å². The van der Waals surface area contributed by atoms with Gasteiger partial charge in [0.15, 0.2) is 0 Å². The van der Waals surface area contributed by atoms with Gasteiger partial charge in [-0.15, -0.1) is 0 Å². The van der Waals surface area contributed by atoms with Crippen molar-refractivity contribution in [1.29, 1.82) is 0 Å². The van der Waals surface area contributed by atoms with Crippen molar-refractivity contribution in [2.75, 3.05) is 0 Å². The fourth-order valence-corrected chi connectivity index (χ4v) is 3.59. The molecule has 118 valence electrons. The van der Waals surface area contributed by atoms with Crippen molar-refractivity contribution in [2.45, 2.75) is 38.7 Å². The molecule has 1 fully saturated rings. The van der Waals surface area contributed by atoms with Gasteiger partial charge in [-0.05, 0) is 38.5 Å². The highest BCUT2D eigenvalue weighted by molar-refractivity contribution is 6.05. The molecule has 1 aromatic carbocycles. The molecule has 4 nitrogen and oxygen atoms in total. The average molecular weight is 306 g/mol. The average Bonchev–Trinajstić information content (AvgIpc) is 2.36. The Balaban J connectivity index is 2.61. The Hall–Kier alpha value is -1.88. The van der Waals surface area contributed by atoms with Crippen molar-refractivity contribution >= 4 is 17.3 Å². The maximum atomic E-state index is 13.1. The number of benzene rings is 1. The smallest absolute Gasteiger partial charge is 0.146 e. The summed E-state index contributed by atoms with van der Waals surface area (Å²) in [7, 11) is 0. The molecule has 0 heterocycles. The number of carbonyl (C=O) groups is 3. The summed E-state index contributed by atoms with van der Waals surface area (Å²) in [5.74, 6) is -4.11. The number of ketones is 3. The summed E-state index contributed by atoms with van der Waals surface area (Å²) in [6.45, 7) is 4.07. The zero-order valence-electron chi connectivity index (χ0n) is 12.8. The number of halogens is 1. The first-order valence-electron chi connectivity index (χ1n) is 7.16. The molecule has 0 amide bonds. The molecular formula is C17H19FO4. The van der Waals surface area contributed by atoms with E-state index in [-0.39, 0.29) is 23.8 Å². The van der Waals surface area contributed by atoms with Crippen LogP contribution < -0.4 is 0 Å². The normalized spacial score (nSPS) is 31.9. The van der Waals surface area contributed by atoms with Crippen LogP contribution in [-0.2, 0) is 14.4 Å². The van der Waals surface area contributed by atoms with E-state index in [0.29, 0.717) is 5.56 Å². The lowest BCUT2D eigenvalue weighted by Crippen LogP contribution is -2.53. The molecule has 1 aliphatic carbocycles. The van der Waals surface area contributed by atoms with E-state index < -0.39 is 29.2 Å². The third kappa shape index (κ3) is 2.86. The van der Waals surface area contributed by atoms with E-state index in [1.54, 1.807) is 0 Å². The number of carbonyl (C=O) groups excluding carboxylic acids is 3. The Morgan fingerprint density at radius 2 is 1.73 bits per heavy atom. The van der Waals surface area contributed by atoms with Gasteiger partial charge in [0.2, 0.25) is 0 Å². The molecule has 0 aliphatic heterocycles. The summed E-state index contributed by atoms with van der Waals surface area (Å²) in [4.78, 5) is 36.3. The molecule has 22 heavy (non-hydrogen) atoms. The van der Waals surface area contributed by atoms with Crippen LogP contribution in [0.2, 0.25) is 0 Å². The number of hydrogen-bond donors (Lipinski definition) is 1. The number of hydrogen-bond acceptors (Lipinski definition) is 4. The van der Waals surface area contributed by atoms with Gasteiger partial charge in [0, 0.05) is 12.3 Å². The number of Topliss-reactive ketones (excluding diaryl/α,β-unsaturated/α-hetero) is 3. The van der Waals surface area contributed by atoms with Gasteiger partial charge in [0.1, 0.15) is 23.2 Å². The predicted molar refractivity (Wildman–Crippen MR) is 77.7 cm³/mol. The molecule has 0 spiro atoms. The highest BCUT2D eigenvalue weighted by Gasteiger charge is 2.53. The fraction of sp³-hybridized carbons (Fsp3) is 0.471. The Labute approximate surface area is 128 Å². The third-order valence-electron chi connectivity index (χ3n) is 4.40. The summed E-state index contributed by atoms with van der Waals surface area (Å²) >= 11 is 0. The van der Waals surface area contributed by atoms with Gasteiger partial charge in [-0.1, -0.05) is 12.1 Å². The molecule has 1 N–H and O–H groups in total. The molecule has 4 unspecified atom stereocenters. The van der Waals surface area contributed by atoms with E-state index in [0.717, 1.165) is 0 Å². The largest absolute Gasteiger partial charge is 0.389 e. The molecule has 0 saturated heterocycles. The number of aliphatic hydroxyl groups is 1. The Bertz CT molecular complexity index is 618. The maximum absolute atomic E-state index is 13.1. The third-order valence-corrected chi connectivity index (χ3v) is 4.40. The topological polar surface area (TPSA) is 71.4 Å². The summed E-state index contributed by atoms with van der Waals surface area (Å²) in [5.41, 5.74) is -1.01. The predicted octanol–water partition coefficient (Wildman–Crippen LogP) is 2.04. The molecule has 0 bridgehead atoms. The van der Waals surface area contributed by atoms with Gasteiger partial charge in [-0.25, -0.2) is 4.39 Å². The second-order valence-electron chi connectivity index (χ2n) is 6.25. The quantitative estimate of drug-likeness (QED) is 0.868. The first kappa shape index (κ1) is 16.5. The van der Waals surface area contributed by atoms with E-state index in [1.807, 2.05) is 0 Å². The molecule has 2 rings (SSSR count). The van der Waals surface area contributed by atoms with Crippen molar-refractivity contribution in [1.82, 2.24) is 0 Å². The molecular weight excluding hydrogens is 287 g/mol. The van der Waals surface area contributed by atoms with E-state index in [9.17, 15) is 23.9 Å². The zero-order valence-corrected chi connectivity index (χ0v) is 12.8. The minimum atomic E-state index is -1.52. The van der Waals surface area contributed by atoms with Crippen molar-refractivity contribution in [2.24, 2.45) is 11.8 Å². The van der Waals surface area contributed by atoms with Crippen LogP contribution >= 0.6 is 0 Å². The van der Waals surface area contributed by atoms with Crippen LogP contribution in [0.3, 0.4) is 0 Å². The second-order valence-corrected chi connectivity index (χ2v) is 6.25. The van der Waals surface area contributed by atoms with Crippen LogP contribution in [0, 0.1) is 17.7 Å². The van der Waals surface area contributed by atoms with Crippen LogP contribution in [0.15, 0.2) is 24.3 Å². The van der Waals surface area contributed by atoms with Gasteiger partial charge in [-0.2, -0.15) is 0 Å². The van der Waals surface area contributed by atoms with Crippen LogP contribution in [0.25, 0.3) is 0 Å². The van der Waals surface area contributed by atoms with Gasteiger partial charge in [0.05, 0.1) is 17.4 Å². The molecule has 4 atom stereocenters. The van der Waals surface area contributed by atoms with Crippen molar-refractivity contribution in [3.8, 4) is 0 Å². The van der Waals surface area contributed by atoms with E-state index >= 15 is 0 Å². The van der Waals surface area contributed by atoms with Gasteiger partial charge >= 0.3 is 0 Å². The second kappa shape index (κ2) is 5.72. The zero-order chi connectivity index (χ0) is 16.7. The van der Waals surface area contributed by atoms with E-state index in [4.69, 9.17) is 0 Å². The first-order chi connectivity index (χ1) is 10.1. The number of rotatable bonds is 3. The summed E-state index contributed by atoms with van der Waals surface area (Å²) < 4.78 is 13.1. The Morgan fingerprint density at radius 3 is 2.18 bits per heavy atom. The fourth-order valence-electron chi connectivity index (χ4n) is 3.59. The van der Waals surface area contributed by atoms with Crippen molar-refractivity contribution in [3.63, 3.8) is 0 Å². The van der Waals surface area contributed by atoms with Crippen LogP contribution in [0.5, 0.6) is 0 Å². The van der Waals surface area contributed by atoms with Crippen LogP contribution in [0.1, 0.15) is 38.7 Å². The maximum Gasteiger partial charge on any atom is 0.146 e. The van der Waals surface area contributed by atoms with Crippen molar-refractivity contribution in [3.05, 3.63) is 35.6 Å². The first-order valence-corrected chi connectivity index (χ1v) is 7.16. The van der Waals surface area contributed by atoms with E-state index in [2.05, 4.69) is 0 Å². The lowest BCUT2D eigenvalue weighted by molar-refractivity contribution is -0.151. The Morgan fingerprint density at radius 1 is 1.18 bits per heavy atom. The van der Waals surface area contributed by atoms with Gasteiger partial charge in [0.25, 0.3) is 0 Å². The van der Waals surface area contributed by atoms with Gasteiger partial charge in [-0.3, -0.25) is 14.4 Å². The molecule has 1 aliphatic rings. The highest BCUT2D eigenvalue weighted by atomic mass is 19.1. The summed E-state index contributed by atoms with van der Waals surface area (Å²) in [6.07, 6.45) is -0.237. The monoisotopic (exact) mass is 306 g/mol. The standard InChI is InChI=1S/C17H19FO4/c1-9(19)14-13(21)8-17(3,22)16(10(2)20)15(14)11-4-6-12(18)7-5-11/h4-7,14-16,22H,8H2,1-3H3. The molecule has 0 aromatic heterocycles. The van der Waals surface area contributed by atoms with Crippen LogP contribution in [0.4, 0.5) is 4.39 Å². The molecule has 0 radical (unpaired) electrons. The molecule has 5 heteroatoms. The lowest BCUT2D eigenvalue weighted by Gasteiger charge is -2.44. The lowest BCUT2D eigenvalue weighted by atomic mass is 9.60. The molecule has 1 aromatic rings. The minimum absolute atomic E-state index is 0.237. The summed E-state index contributed by atoms with van der Waals surface area (Å²) in [5, 5.41) is 10.5. The Kier molecular flexibility index (Phi) is 4.29. The highest BCUT2D eigenvalue weighted by Crippen LogP contribution is 2.46. The van der Waals surface area contributed by atoms with Crippen LogP contribution in [-0.4, -0.2) is 28.1 Å². The van der Waals surface area contributed by atoms with Crippen molar-refractivity contribution < 1.29 is 23.9 Å². The molecule has 1 saturated carbocycles.